The Morgan fingerprint density at radius 3 is 2.11 bits per heavy atom. The van der Waals surface area contributed by atoms with Crippen LogP contribution in [0.3, 0.4) is 0 Å². The first kappa shape index (κ1) is 19.7. The lowest BCUT2D eigenvalue weighted by Crippen LogP contribution is -2.19. The number of benzene rings is 2. The van der Waals surface area contributed by atoms with Gasteiger partial charge in [0, 0.05) is 23.5 Å². The number of ether oxygens (including phenoxy) is 1. The monoisotopic (exact) mass is 391 g/mol. The second-order valence-corrected chi connectivity index (χ2v) is 6.55. The number of pyridine rings is 1. The van der Waals surface area contributed by atoms with Gasteiger partial charge in [0.25, 0.3) is 5.56 Å². The van der Waals surface area contributed by atoms with Crippen LogP contribution >= 0.6 is 0 Å². The molecule has 0 aliphatic rings. The summed E-state index contributed by atoms with van der Waals surface area (Å²) in [6.07, 6.45) is -3.17. The second kappa shape index (κ2) is 7.50. The lowest BCUT2D eigenvalue weighted by molar-refractivity contribution is -0.274. The Hall–Kier alpha value is -3.09. The molecule has 3 aromatic rings. The molecule has 3 rings (SSSR count). The standard InChI is InChI=1S/C21H17F4NO2/c1-13(2)18-11-20(27)26(12-19(18)14-3-5-15(22)6-4-14)16-7-9-17(10-8-16)28-21(23,24)25/h3-13H,1-2H3. The normalized spacial score (nSPS) is 11.7. The van der Waals surface area contributed by atoms with Crippen LogP contribution in [0.5, 0.6) is 5.75 Å². The van der Waals surface area contributed by atoms with Gasteiger partial charge in [-0.05, 0) is 53.4 Å². The molecule has 0 bridgehead atoms. The highest BCUT2D eigenvalue weighted by atomic mass is 19.4. The Morgan fingerprint density at radius 2 is 1.57 bits per heavy atom. The van der Waals surface area contributed by atoms with Gasteiger partial charge in [-0.3, -0.25) is 9.36 Å². The summed E-state index contributed by atoms with van der Waals surface area (Å²) >= 11 is 0. The van der Waals surface area contributed by atoms with Gasteiger partial charge in [-0.2, -0.15) is 0 Å². The summed E-state index contributed by atoms with van der Waals surface area (Å²) < 4.78 is 55.4. The first-order valence-electron chi connectivity index (χ1n) is 8.53. The van der Waals surface area contributed by atoms with Crippen molar-refractivity contribution in [3.8, 4) is 22.6 Å². The number of rotatable bonds is 4. The van der Waals surface area contributed by atoms with Crippen LogP contribution in [-0.4, -0.2) is 10.9 Å². The molecule has 0 atom stereocenters. The van der Waals surface area contributed by atoms with Gasteiger partial charge in [-0.1, -0.05) is 26.0 Å². The summed E-state index contributed by atoms with van der Waals surface area (Å²) in [5.74, 6) is -0.699. The zero-order valence-electron chi connectivity index (χ0n) is 15.1. The summed E-state index contributed by atoms with van der Waals surface area (Å²) in [7, 11) is 0. The van der Waals surface area contributed by atoms with E-state index in [9.17, 15) is 22.4 Å². The maximum Gasteiger partial charge on any atom is 0.573 e. The fraction of sp³-hybridized carbons (Fsp3) is 0.190. The Balaban J connectivity index is 2.08. The van der Waals surface area contributed by atoms with Crippen LogP contribution in [0.15, 0.2) is 65.6 Å². The average Bonchev–Trinajstić information content (AvgIpc) is 2.62. The number of hydrogen-bond donors (Lipinski definition) is 0. The van der Waals surface area contributed by atoms with Crippen LogP contribution < -0.4 is 10.3 Å². The van der Waals surface area contributed by atoms with Crippen LogP contribution in [0.25, 0.3) is 16.8 Å². The third-order valence-electron chi connectivity index (χ3n) is 4.21. The van der Waals surface area contributed by atoms with E-state index in [4.69, 9.17) is 0 Å². The smallest absolute Gasteiger partial charge is 0.406 e. The topological polar surface area (TPSA) is 31.2 Å². The minimum absolute atomic E-state index is 0.0463. The van der Waals surface area contributed by atoms with Gasteiger partial charge in [0.05, 0.1) is 0 Å². The SMILES string of the molecule is CC(C)c1cc(=O)n(-c2ccc(OC(F)(F)F)cc2)cc1-c1ccc(F)cc1. The number of alkyl halides is 3. The first-order chi connectivity index (χ1) is 13.1. The van der Waals surface area contributed by atoms with E-state index in [2.05, 4.69) is 4.74 Å². The highest BCUT2D eigenvalue weighted by molar-refractivity contribution is 5.67. The molecular formula is C21H17F4NO2. The molecule has 0 unspecified atom stereocenters. The molecule has 0 aliphatic carbocycles. The Bertz CT molecular complexity index is 1020. The van der Waals surface area contributed by atoms with Crippen molar-refractivity contribution in [1.29, 1.82) is 0 Å². The van der Waals surface area contributed by atoms with E-state index in [0.29, 0.717) is 5.69 Å². The van der Waals surface area contributed by atoms with Crippen LogP contribution in [0.4, 0.5) is 17.6 Å². The zero-order valence-corrected chi connectivity index (χ0v) is 15.1. The lowest BCUT2D eigenvalue weighted by atomic mass is 9.94. The molecule has 0 radical (unpaired) electrons. The van der Waals surface area contributed by atoms with E-state index in [1.165, 1.54) is 34.9 Å². The van der Waals surface area contributed by atoms with Gasteiger partial charge in [-0.15, -0.1) is 13.2 Å². The van der Waals surface area contributed by atoms with Crippen molar-refractivity contribution in [2.24, 2.45) is 0 Å². The first-order valence-corrected chi connectivity index (χ1v) is 8.53. The molecule has 2 aromatic carbocycles. The van der Waals surface area contributed by atoms with Crippen molar-refractivity contribution >= 4 is 0 Å². The quantitative estimate of drug-likeness (QED) is 0.537. The van der Waals surface area contributed by atoms with Gasteiger partial charge in [0.2, 0.25) is 0 Å². The third kappa shape index (κ3) is 4.42. The molecule has 0 amide bonds. The predicted octanol–water partition coefficient (Wildman–Crippen LogP) is 5.67. The fourth-order valence-corrected chi connectivity index (χ4v) is 2.91. The highest BCUT2D eigenvalue weighted by Crippen LogP contribution is 2.29. The van der Waals surface area contributed by atoms with E-state index in [0.717, 1.165) is 28.8 Å². The van der Waals surface area contributed by atoms with Gasteiger partial charge < -0.3 is 4.74 Å². The summed E-state index contributed by atoms with van der Waals surface area (Å²) in [6, 6.07) is 12.4. The largest absolute Gasteiger partial charge is 0.573 e. The van der Waals surface area contributed by atoms with E-state index < -0.39 is 6.36 Å². The molecule has 0 aliphatic heterocycles. The van der Waals surface area contributed by atoms with Crippen molar-refractivity contribution in [3.63, 3.8) is 0 Å². The predicted molar refractivity (Wildman–Crippen MR) is 98.2 cm³/mol. The van der Waals surface area contributed by atoms with Crippen molar-refractivity contribution in [1.82, 2.24) is 4.57 Å². The summed E-state index contributed by atoms with van der Waals surface area (Å²) in [6.45, 7) is 3.88. The minimum Gasteiger partial charge on any atom is -0.406 e. The Kier molecular flexibility index (Phi) is 5.27. The summed E-state index contributed by atoms with van der Waals surface area (Å²) in [5.41, 5.74) is 2.34. The average molecular weight is 391 g/mol. The van der Waals surface area contributed by atoms with Crippen molar-refractivity contribution < 1.29 is 22.3 Å². The molecule has 1 heterocycles. The highest BCUT2D eigenvalue weighted by Gasteiger charge is 2.31. The summed E-state index contributed by atoms with van der Waals surface area (Å²) in [5, 5.41) is 0. The zero-order chi connectivity index (χ0) is 20.5. The van der Waals surface area contributed by atoms with Gasteiger partial charge >= 0.3 is 6.36 Å². The molecule has 3 nitrogen and oxygen atoms in total. The van der Waals surface area contributed by atoms with E-state index in [-0.39, 0.29) is 23.0 Å². The molecule has 0 N–H and O–H groups in total. The molecular weight excluding hydrogens is 374 g/mol. The maximum absolute atomic E-state index is 13.3. The molecule has 0 spiro atoms. The molecule has 146 valence electrons. The van der Waals surface area contributed by atoms with Crippen molar-refractivity contribution in [3.05, 3.63) is 82.5 Å². The number of nitrogens with zero attached hydrogens (tertiary/aromatic N) is 1. The van der Waals surface area contributed by atoms with Crippen LogP contribution in [0.2, 0.25) is 0 Å². The number of hydrogen-bond acceptors (Lipinski definition) is 2. The third-order valence-corrected chi connectivity index (χ3v) is 4.21. The van der Waals surface area contributed by atoms with Crippen LogP contribution in [0, 0.1) is 5.82 Å². The minimum atomic E-state index is -4.78. The number of aromatic nitrogens is 1. The van der Waals surface area contributed by atoms with Gasteiger partial charge in [-0.25, -0.2) is 4.39 Å². The molecule has 1 aromatic heterocycles. The maximum atomic E-state index is 13.3. The van der Waals surface area contributed by atoms with E-state index in [1.54, 1.807) is 18.3 Å². The molecule has 0 fully saturated rings. The van der Waals surface area contributed by atoms with Gasteiger partial charge in [0.15, 0.2) is 0 Å². The summed E-state index contributed by atoms with van der Waals surface area (Å²) in [4.78, 5) is 12.6. The molecule has 7 heteroatoms. The second-order valence-electron chi connectivity index (χ2n) is 6.55. The fourth-order valence-electron chi connectivity index (χ4n) is 2.91. The molecule has 0 saturated carbocycles. The molecule has 28 heavy (non-hydrogen) atoms. The van der Waals surface area contributed by atoms with Crippen molar-refractivity contribution in [2.75, 3.05) is 0 Å². The van der Waals surface area contributed by atoms with E-state index >= 15 is 0 Å². The van der Waals surface area contributed by atoms with Crippen molar-refractivity contribution in [2.45, 2.75) is 26.1 Å². The Morgan fingerprint density at radius 1 is 0.964 bits per heavy atom. The van der Waals surface area contributed by atoms with E-state index in [1.807, 2.05) is 13.8 Å². The Labute approximate surface area is 158 Å². The van der Waals surface area contributed by atoms with Crippen LogP contribution in [-0.2, 0) is 0 Å². The molecule has 0 saturated heterocycles. The lowest BCUT2D eigenvalue weighted by Gasteiger charge is -2.16. The number of halogens is 4. The van der Waals surface area contributed by atoms with Crippen LogP contribution in [0.1, 0.15) is 25.3 Å². The van der Waals surface area contributed by atoms with Gasteiger partial charge in [0.1, 0.15) is 11.6 Å².